The summed E-state index contributed by atoms with van der Waals surface area (Å²) in [6.07, 6.45) is 4.04. The van der Waals surface area contributed by atoms with E-state index in [1.807, 2.05) is 51.1 Å². The first-order chi connectivity index (χ1) is 15.3. The maximum absolute atomic E-state index is 12.5. The molecule has 178 valence electrons. The van der Waals surface area contributed by atoms with Gasteiger partial charge in [-0.15, -0.1) is 0 Å². The molecule has 2 fully saturated rings. The quantitative estimate of drug-likeness (QED) is 0.598. The molecule has 8 heteroatoms. The fourth-order valence-corrected chi connectivity index (χ4v) is 4.15. The number of hydrogen-bond donors (Lipinski definition) is 3. The molecule has 3 rings (SSSR count). The van der Waals surface area contributed by atoms with E-state index in [9.17, 15) is 9.59 Å². The van der Waals surface area contributed by atoms with Crippen LogP contribution in [-0.4, -0.2) is 67.6 Å². The second-order valence-electron chi connectivity index (χ2n) is 9.67. The van der Waals surface area contributed by atoms with Crippen molar-refractivity contribution < 1.29 is 19.1 Å². The van der Waals surface area contributed by atoms with E-state index >= 15 is 0 Å². The second-order valence-corrected chi connectivity index (χ2v) is 9.67. The lowest BCUT2D eigenvalue weighted by Crippen LogP contribution is -2.50. The van der Waals surface area contributed by atoms with Crippen LogP contribution in [0.1, 0.15) is 58.1 Å². The lowest BCUT2D eigenvalue weighted by atomic mass is 10.0. The Kier molecular flexibility index (Phi) is 8.75. The summed E-state index contributed by atoms with van der Waals surface area (Å²) >= 11 is 0. The second kappa shape index (κ2) is 11.5. The number of amides is 3. The predicted molar refractivity (Wildman–Crippen MR) is 124 cm³/mol. The van der Waals surface area contributed by atoms with Crippen molar-refractivity contribution in [2.24, 2.45) is 0 Å². The van der Waals surface area contributed by atoms with E-state index in [4.69, 9.17) is 9.47 Å². The number of hydrogen-bond acceptors (Lipinski definition) is 5. The molecule has 32 heavy (non-hydrogen) atoms. The molecule has 1 aromatic rings. The summed E-state index contributed by atoms with van der Waals surface area (Å²) < 4.78 is 11.1. The summed E-state index contributed by atoms with van der Waals surface area (Å²) in [5, 5.41) is 8.86. The Hall–Kier alpha value is -2.32. The van der Waals surface area contributed by atoms with E-state index in [1.54, 1.807) is 0 Å². The number of nitrogens with zero attached hydrogens (tertiary/aromatic N) is 1. The lowest BCUT2D eigenvalue weighted by Gasteiger charge is -2.33. The van der Waals surface area contributed by atoms with Crippen molar-refractivity contribution in [2.75, 3.05) is 32.8 Å². The first-order valence-corrected chi connectivity index (χ1v) is 11.7. The number of piperidine rings is 1. The summed E-state index contributed by atoms with van der Waals surface area (Å²) in [4.78, 5) is 27.2. The third-order valence-corrected chi connectivity index (χ3v) is 5.77. The number of likely N-dealkylation sites (tertiary alicyclic amines) is 1. The first kappa shape index (κ1) is 24.3. The van der Waals surface area contributed by atoms with Crippen molar-refractivity contribution in [3.63, 3.8) is 0 Å². The SMILES string of the molecule is CC(C)(C)OC(=O)NC(CNC(=O)NC1CCN(CC2CCCO2)CC1)c1ccccc1. The number of rotatable bonds is 7. The van der Waals surface area contributed by atoms with Gasteiger partial charge in [-0.25, -0.2) is 9.59 Å². The number of urea groups is 1. The molecule has 2 atom stereocenters. The van der Waals surface area contributed by atoms with Crippen LogP contribution in [0.5, 0.6) is 0 Å². The highest BCUT2D eigenvalue weighted by molar-refractivity contribution is 5.74. The van der Waals surface area contributed by atoms with Crippen molar-refractivity contribution in [3.05, 3.63) is 35.9 Å². The van der Waals surface area contributed by atoms with Gasteiger partial charge in [0.1, 0.15) is 5.60 Å². The monoisotopic (exact) mass is 446 g/mol. The number of nitrogens with one attached hydrogen (secondary N) is 3. The van der Waals surface area contributed by atoms with Crippen molar-refractivity contribution >= 4 is 12.1 Å². The van der Waals surface area contributed by atoms with Gasteiger partial charge in [0.25, 0.3) is 0 Å². The number of benzene rings is 1. The van der Waals surface area contributed by atoms with Crippen LogP contribution >= 0.6 is 0 Å². The van der Waals surface area contributed by atoms with Gasteiger partial charge >= 0.3 is 12.1 Å². The highest BCUT2D eigenvalue weighted by atomic mass is 16.6. The highest BCUT2D eigenvalue weighted by Gasteiger charge is 2.25. The molecule has 0 radical (unpaired) electrons. The average Bonchev–Trinajstić information content (AvgIpc) is 3.25. The average molecular weight is 447 g/mol. The van der Waals surface area contributed by atoms with Crippen LogP contribution in [0.2, 0.25) is 0 Å². The van der Waals surface area contributed by atoms with E-state index in [-0.39, 0.29) is 24.7 Å². The third-order valence-electron chi connectivity index (χ3n) is 5.77. The molecule has 1 aromatic carbocycles. The van der Waals surface area contributed by atoms with Crippen LogP contribution in [-0.2, 0) is 9.47 Å². The predicted octanol–water partition coefficient (Wildman–Crippen LogP) is 3.20. The molecule has 3 amide bonds. The fraction of sp³-hybridized carbons (Fsp3) is 0.667. The summed E-state index contributed by atoms with van der Waals surface area (Å²) in [6.45, 7) is 9.55. The van der Waals surface area contributed by atoms with E-state index in [1.165, 1.54) is 0 Å². The van der Waals surface area contributed by atoms with Gasteiger partial charge in [0, 0.05) is 38.8 Å². The number of carbonyl (C=O) groups is 2. The zero-order valence-corrected chi connectivity index (χ0v) is 19.6. The van der Waals surface area contributed by atoms with Gasteiger partial charge in [0.05, 0.1) is 12.1 Å². The first-order valence-electron chi connectivity index (χ1n) is 11.7. The van der Waals surface area contributed by atoms with Crippen molar-refractivity contribution in [1.29, 1.82) is 0 Å². The maximum Gasteiger partial charge on any atom is 0.408 e. The molecule has 0 aliphatic carbocycles. The van der Waals surface area contributed by atoms with Gasteiger partial charge < -0.3 is 30.3 Å². The van der Waals surface area contributed by atoms with Crippen molar-refractivity contribution in [2.45, 2.75) is 70.2 Å². The zero-order valence-electron chi connectivity index (χ0n) is 19.6. The van der Waals surface area contributed by atoms with E-state index < -0.39 is 11.7 Å². The molecule has 2 aliphatic rings. The number of alkyl carbamates (subject to hydrolysis) is 1. The lowest BCUT2D eigenvalue weighted by molar-refractivity contribution is 0.0503. The Morgan fingerprint density at radius 3 is 2.50 bits per heavy atom. The van der Waals surface area contributed by atoms with E-state index in [2.05, 4.69) is 20.9 Å². The molecule has 8 nitrogen and oxygen atoms in total. The molecule has 0 spiro atoms. The van der Waals surface area contributed by atoms with Crippen LogP contribution in [0.4, 0.5) is 9.59 Å². The molecule has 0 aromatic heterocycles. The van der Waals surface area contributed by atoms with Crippen LogP contribution < -0.4 is 16.0 Å². The molecule has 2 heterocycles. The van der Waals surface area contributed by atoms with Gasteiger partial charge in [0.15, 0.2) is 0 Å². The minimum absolute atomic E-state index is 0.157. The summed E-state index contributed by atoms with van der Waals surface area (Å²) in [7, 11) is 0. The van der Waals surface area contributed by atoms with Crippen molar-refractivity contribution in [1.82, 2.24) is 20.9 Å². The Morgan fingerprint density at radius 1 is 1.16 bits per heavy atom. The normalized spacial score (nSPS) is 21.0. The Bertz CT molecular complexity index is 723. The largest absolute Gasteiger partial charge is 0.444 e. The Labute approximate surface area is 191 Å². The van der Waals surface area contributed by atoms with Crippen LogP contribution in [0.15, 0.2) is 30.3 Å². The van der Waals surface area contributed by atoms with Crippen molar-refractivity contribution in [3.8, 4) is 0 Å². The van der Waals surface area contributed by atoms with Gasteiger partial charge in [0.2, 0.25) is 0 Å². The topological polar surface area (TPSA) is 91.9 Å². The highest BCUT2D eigenvalue weighted by Crippen LogP contribution is 2.17. The standard InChI is InChI=1S/C24H38N4O4/c1-24(2,3)32-23(30)27-21(18-8-5-4-6-9-18)16-25-22(29)26-19-11-13-28(14-12-19)17-20-10-7-15-31-20/h4-6,8-9,19-21H,7,10-17H2,1-3H3,(H,27,30)(H2,25,26,29). The smallest absolute Gasteiger partial charge is 0.408 e. The Balaban J connectivity index is 1.43. The third kappa shape index (κ3) is 8.31. The van der Waals surface area contributed by atoms with Crippen LogP contribution in [0.25, 0.3) is 0 Å². The molecule has 3 N–H and O–H groups in total. The Morgan fingerprint density at radius 2 is 1.88 bits per heavy atom. The van der Waals surface area contributed by atoms with Gasteiger partial charge in [-0.1, -0.05) is 30.3 Å². The minimum Gasteiger partial charge on any atom is -0.444 e. The van der Waals surface area contributed by atoms with Gasteiger partial charge in [-0.2, -0.15) is 0 Å². The molecule has 0 saturated carbocycles. The zero-order chi connectivity index (χ0) is 23.0. The number of ether oxygens (including phenoxy) is 2. The summed E-state index contributed by atoms with van der Waals surface area (Å²) in [5.74, 6) is 0. The van der Waals surface area contributed by atoms with E-state index in [0.717, 1.165) is 57.5 Å². The fourth-order valence-electron chi connectivity index (χ4n) is 4.15. The van der Waals surface area contributed by atoms with Crippen LogP contribution in [0, 0.1) is 0 Å². The van der Waals surface area contributed by atoms with Gasteiger partial charge in [-0.05, 0) is 52.0 Å². The minimum atomic E-state index is -0.588. The van der Waals surface area contributed by atoms with Crippen LogP contribution in [0.3, 0.4) is 0 Å². The maximum atomic E-state index is 12.5. The molecule has 0 bridgehead atoms. The molecule has 2 saturated heterocycles. The molecule has 2 aliphatic heterocycles. The molecule has 2 unspecified atom stereocenters. The number of carbonyl (C=O) groups excluding carboxylic acids is 2. The van der Waals surface area contributed by atoms with E-state index in [0.29, 0.717) is 6.10 Å². The summed E-state index contributed by atoms with van der Waals surface area (Å²) in [6, 6.07) is 9.13. The molecular formula is C24H38N4O4. The summed E-state index contributed by atoms with van der Waals surface area (Å²) in [5.41, 5.74) is 0.315. The van der Waals surface area contributed by atoms with Gasteiger partial charge in [-0.3, -0.25) is 0 Å². The molecular weight excluding hydrogens is 408 g/mol.